The Labute approximate surface area is 187 Å². The van der Waals surface area contributed by atoms with Crippen molar-refractivity contribution in [3.63, 3.8) is 0 Å². The van der Waals surface area contributed by atoms with Crippen molar-refractivity contribution in [3.8, 4) is 0 Å². The van der Waals surface area contributed by atoms with Gasteiger partial charge < -0.3 is 15.5 Å². The molecule has 0 atom stereocenters. The molecule has 6 nitrogen and oxygen atoms in total. The first-order chi connectivity index (χ1) is 15.0. The molecule has 2 aromatic rings. The van der Waals surface area contributed by atoms with Gasteiger partial charge in [-0.25, -0.2) is 0 Å². The van der Waals surface area contributed by atoms with Gasteiger partial charge in [-0.1, -0.05) is 50.2 Å². The molecule has 0 aromatic heterocycles. The number of rotatable bonds is 10. The molecular formula is C25H37N5O. The number of guanidine groups is 1. The van der Waals surface area contributed by atoms with E-state index in [1.54, 1.807) is 26.0 Å². The van der Waals surface area contributed by atoms with Crippen molar-refractivity contribution in [1.29, 1.82) is 0 Å². The zero-order valence-electron chi connectivity index (χ0n) is 19.6. The van der Waals surface area contributed by atoms with Crippen LogP contribution >= 0.6 is 0 Å². The number of carbonyl (C=O) groups is 1. The fraction of sp³-hybridized carbons (Fsp3) is 0.440. The SMILES string of the molecule is CCN(CC)Cc1ccc(CNC(=NC)NCCc2cccc(C(=O)N(C)C)c2)cc1. The Bertz CT molecular complexity index is 841. The van der Waals surface area contributed by atoms with Crippen LogP contribution in [0.1, 0.15) is 40.9 Å². The van der Waals surface area contributed by atoms with Gasteiger partial charge in [0.1, 0.15) is 0 Å². The largest absolute Gasteiger partial charge is 0.356 e. The lowest BCUT2D eigenvalue weighted by Gasteiger charge is -2.18. The van der Waals surface area contributed by atoms with Crippen LogP contribution in [-0.4, -0.2) is 62.4 Å². The van der Waals surface area contributed by atoms with Crippen molar-refractivity contribution in [3.05, 3.63) is 70.8 Å². The van der Waals surface area contributed by atoms with Crippen molar-refractivity contribution in [1.82, 2.24) is 20.4 Å². The second-order valence-electron chi connectivity index (χ2n) is 7.78. The standard InChI is InChI=1S/C25H37N5O/c1-6-30(7-2)19-22-13-11-21(12-14-22)18-28-25(26-3)27-16-15-20-9-8-10-23(17-20)24(31)29(4)5/h8-14,17H,6-7,15-16,18-19H2,1-5H3,(H2,26,27,28). The number of hydrogen-bond donors (Lipinski definition) is 2. The molecule has 1 amide bonds. The van der Waals surface area contributed by atoms with Crippen molar-refractivity contribution in [2.75, 3.05) is 40.8 Å². The van der Waals surface area contributed by atoms with Gasteiger partial charge in [0.25, 0.3) is 5.91 Å². The number of aliphatic imine (C=N–C) groups is 1. The van der Waals surface area contributed by atoms with Crippen LogP contribution in [0.4, 0.5) is 0 Å². The summed E-state index contributed by atoms with van der Waals surface area (Å²) in [6.45, 7) is 8.97. The van der Waals surface area contributed by atoms with E-state index in [1.165, 1.54) is 11.1 Å². The molecule has 6 heteroatoms. The van der Waals surface area contributed by atoms with Gasteiger partial charge in [0.05, 0.1) is 0 Å². The lowest BCUT2D eigenvalue weighted by Crippen LogP contribution is -2.37. The van der Waals surface area contributed by atoms with Crippen molar-refractivity contribution in [2.45, 2.75) is 33.4 Å². The maximum atomic E-state index is 12.1. The van der Waals surface area contributed by atoms with Gasteiger partial charge >= 0.3 is 0 Å². The molecular weight excluding hydrogens is 386 g/mol. The first kappa shape index (κ1) is 24.4. The summed E-state index contributed by atoms with van der Waals surface area (Å²) in [6.07, 6.45) is 0.815. The fourth-order valence-corrected chi connectivity index (χ4v) is 3.32. The highest BCUT2D eigenvalue weighted by Gasteiger charge is 2.08. The average molecular weight is 424 g/mol. The zero-order valence-corrected chi connectivity index (χ0v) is 19.6. The van der Waals surface area contributed by atoms with E-state index < -0.39 is 0 Å². The van der Waals surface area contributed by atoms with Gasteiger partial charge in [0, 0.05) is 46.3 Å². The molecule has 2 aromatic carbocycles. The molecule has 168 valence electrons. The molecule has 0 saturated heterocycles. The molecule has 0 aliphatic heterocycles. The lowest BCUT2D eigenvalue weighted by atomic mass is 10.1. The molecule has 2 N–H and O–H groups in total. The summed E-state index contributed by atoms with van der Waals surface area (Å²) in [4.78, 5) is 20.4. The van der Waals surface area contributed by atoms with Gasteiger partial charge in [-0.2, -0.15) is 0 Å². The number of nitrogens with one attached hydrogen (secondary N) is 2. The fourth-order valence-electron chi connectivity index (χ4n) is 3.32. The van der Waals surface area contributed by atoms with Crippen LogP contribution < -0.4 is 10.6 Å². The molecule has 0 heterocycles. The third-order valence-electron chi connectivity index (χ3n) is 5.29. The van der Waals surface area contributed by atoms with Crippen molar-refractivity contribution < 1.29 is 4.79 Å². The molecule has 0 radical (unpaired) electrons. The summed E-state index contributed by atoms with van der Waals surface area (Å²) in [7, 11) is 5.31. The van der Waals surface area contributed by atoms with Crippen LogP contribution in [0.2, 0.25) is 0 Å². The second-order valence-corrected chi connectivity index (χ2v) is 7.78. The quantitative estimate of drug-likeness (QED) is 0.455. The third kappa shape index (κ3) is 8.06. The monoisotopic (exact) mass is 423 g/mol. The minimum absolute atomic E-state index is 0.0235. The Hall–Kier alpha value is -2.86. The first-order valence-corrected chi connectivity index (χ1v) is 11.0. The van der Waals surface area contributed by atoms with Crippen molar-refractivity contribution >= 4 is 11.9 Å². The second kappa shape index (κ2) is 12.7. The van der Waals surface area contributed by atoms with Gasteiger partial charge in [0.15, 0.2) is 5.96 Å². The summed E-state index contributed by atoms with van der Waals surface area (Å²) in [5.74, 6) is 0.795. The number of hydrogen-bond acceptors (Lipinski definition) is 3. The molecule has 2 rings (SSSR count). The Morgan fingerprint density at radius 2 is 1.61 bits per heavy atom. The highest BCUT2D eigenvalue weighted by Crippen LogP contribution is 2.09. The Balaban J connectivity index is 1.80. The summed E-state index contributed by atoms with van der Waals surface area (Å²) < 4.78 is 0. The van der Waals surface area contributed by atoms with E-state index in [0.717, 1.165) is 56.2 Å². The van der Waals surface area contributed by atoms with E-state index in [2.05, 4.69) is 58.6 Å². The van der Waals surface area contributed by atoms with Crippen LogP contribution in [0.3, 0.4) is 0 Å². The summed E-state index contributed by atoms with van der Waals surface area (Å²) >= 11 is 0. The van der Waals surface area contributed by atoms with Crippen LogP contribution in [0, 0.1) is 0 Å². The normalized spacial score (nSPS) is 11.5. The molecule has 0 aliphatic rings. The highest BCUT2D eigenvalue weighted by molar-refractivity contribution is 5.94. The molecule has 31 heavy (non-hydrogen) atoms. The van der Waals surface area contributed by atoms with Crippen LogP contribution in [0.5, 0.6) is 0 Å². The average Bonchev–Trinajstić information content (AvgIpc) is 2.80. The molecule has 0 aliphatic carbocycles. The van der Waals surface area contributed by atoms with E-state index in [1.807, 2.05) is 24.3 Å². The van der Waals surface area contributed by atoms with Crippen molar-refractivity contribution in [2.24, 2.45) is 4.99 Å². The van der Waals surface area contributed by atoms with E-state index in [4.69, 9.17) is 0 Å². The maximum Gasteiger partial charge on any atom is 0.253 e. The zero-order chi connectivity index (χ0) is 22.6. The molecule has 0 bridgehead atoms. The maximum absolute atomic E-state index is 12.1. The highest BCUT2D eigenvalue weighted by atomic mass is 16.2. The number of carbonyl (C=O) groups excluding carboxylic acids is 1. The van der Waals surface area contributed by atoms with Gasteiger partial charge in [-0.15, -0.1) is 0 Å². The molecule has 0 saturated carbocycles. The third-order valence-corrected chi connectivity index (χ3v) is 5.29. The molecule has 0 unspecified atom stereocenters. The topological polar surface area (TPSA) is 60.0 Å². The predicted molar refractivity (Wildman–Crippen MR) is 129 cm³/mol. The van der Waals surface area contributed by atoms with E-state index in [-0.39, 0.29) is 5.91 Å². The minimum Gasteiger partial charge on any atom is -0.356 e. The van der Waals surface area contributed by atoms with Crippen LogP contribution in [-0.2, 0) is 19.5 Å². The van der Waals surface area contributed by atoms with E-state index in [0.29, 0.717) is 0 Å². The molecule has 0 spiro atoms. The van der Waals surface area contributed by atoms with Gasteiger partial charge in [-0.3, -0.25) is 14.7 Å². The van der Waals surface area contributed by atoms with Crippen LogP contribution in [0.15, 0.2) is 53.5 Å². The Morgan fingerprint density at radius 3 is 2.23 bits per heavy atom. The summed E-state index contributed by atoms with van der Waals surface area (Å²) in [5.41, 5.74) is 4.40. The predicted octanol–water partition coefficient (Wildman–Crippen LogP) is 3.14. The first-order valence-electron chi connectivity index (χ1n) is 11.0. The van der Waals surface area contributed by atoms with Gasteiger partial charge in [-0.05, 0) is 48.3 Å². The smallest absolute Gasteiger partial charge is 0.253 e. The van der Waals surface area contributed by atoms with Gasteiger partial charge in [0.2, 0.25) is 0 Å². The number of nitrogens with zero attached hydrogens (tertiary/aromatic N) is 3. The Kier molecular flexibility index (Phi) is 10.0. The molecule has 0 fully saturated rings. The Morgan fingerprint density at radius 1 is 0.935 bits per heavy atom. The number of benzene rings is 2. The lowest BCUT2D eigenvalue weighted by molar-refractivity contribution is 0.0827. The summed E-state index contributed by atoms with van der Waals surface area (Å²) in [6, 6.07) is 16.5. The van der Waals surface area contributed by atoms with E-state index >= 15 is 0 Å². The van der Waals surface area contributed by atoms with Crippen LogP contribution in [0.25, 0.3) is 0 Å². The minimum atomic E-state index is 0.0235. The summed E-state index contributed by atoms with van der Waals surface area (Å²) in [5, 5.41) is 6.72. The number of amides is 1. The van der Waals surface area contributed by atoms with E-state index in [9.17, 15) is 4.79 Å².